The van der Waals surface area contributed by atoms with Gasteiger partial charge in [0.2, 0.25) is 5.78 Å². The van der Waals surface area contributed by atoms with Crippen molar-refractivity contribution in [3.05, 3.63) is 95.5 Å². The molecule has 1 aliphatic rings. The highest BCUT2D eigenvalue weighted by Gasteiger charge is 2.24. The van der Waals surface area contributed by atoms with Crippen LogP contribution in [0.3, 0.4) is 0 Å². The second kappa shape index (κ2) is 8.37. The van der Waals surface area contributed by atoms with Crippen molar-refractivity contribution in [1.29, 1.82) is 0 Å². The molecule has 0 saturated carbocycles. The van der Waals surface area contributed by atoms with E-state index in [1.54, 1.807) is 24.4 Å². The van der Waals surface area contributed by atoms with Crippen LogP contribution in [0.1, 0.15) is 38.9 Å². The summed E-state index contributed by atoms with van der Waals surface area (Å²) in [6, 6.07) is 18.1. The molecule has 5 nitrogen and oxygen atoms in total. The van der Waals surface area contributed by atoms with Crippen LogP contribution < -0.4 is 10.2 Å². The van der Waals surface area contributed by atoms with E-state index in [9.17, 15) is 4.79 Å². The Kier molecular flexibility index (Phi) is 5.49. The fourth-order valence-corrected chi connectivity index (χ4v) is 3.70. The van der Waals surface area contributed by atoms with Crippen LogP contribution in [-0.2, 0) is 0 Å². The van der Waals surface area contributed by atoms with Gasteiger partial charge in [-0.25, -0.2) is 4.98 Å². The minimum absolute atomic E-state index is 0.123. The molecule has 1 unspecified atom stereocenters. The highest BCUT2D eigenvalue weighted by molar-refractivity contribution is 6.10. The van der Waals surface area contributed by atoms with Crippen molar-refractivity contribution in [2.75, 3.05) is 24.5 Å². The van der Waals surface area contributed by atoms with E-state index in [1.807, 2.05) is 25.1 Å². The Labute approximate surface area is 171 Å². The number of nitrogens with zero attached hydrogens (tertiary/aromatic N) is 3. The number of hydrogen-bond acceptors (Lipinski definition) is 5. The number of hydrogen-bond donors (Lipinski definition) is 1. The predicted octanol–water partition coefficient (Wildman–Crippen LogP) is 3.81. The Bertz CT molecular complexity index is 1030. The van der Waals surface area contributed by atoms with E-state index in [4.69, 9.17) is 4.98 Å². The van der Waals surface area contributed by atoms with E-state index in [1.165, 1.54) is 5.56 Å². The molecule has 146 valence electrons. The zero-order valence-electron chi connectivity index (χ0n) is 16.5. The molecule has 3 heterocycles. The molecule has 1 aromatic carbocycles. The van der Waals surface area contributed by atoms with Crippen molar-refractivity contribution in [3.8, 4) is 0 Å². The van der Waals surface area contributed by atoms with Crippen molar-refractivity contribution in [2.45, 2.75) is 13.0 Å². The number of aromatic nitrogens is 2. The van der Waals surface area contributed by atoms with Gasteiger partial charge in [-0.05, 0) is 36.8 Å². The summed E-state index contributed by atoms with van der Waals surface area (Å²) in [5.74, 6) is 0.685. The van der Waals surface area contributed by atoms with Gasteiger partial charge in [-0.1, -0.05) is 43.0 Å². The topological polar surface area (TPSA) is 58.1 Å². The SMILES string of the molecule is C=Cc1ccc(N2CCNC(c3ccccc3)C2)nc1C(=O)c1cccnc1C. The minimum atomic E-state index is -0.123. The molecule has 1 saturated heterocycles. The number of carbonyl (C=O) groups is 1. The van der Waals surface area contributed by atoms with E-state index < -0.39 is 0 Å². The molecule has 3 aromatic rings. The van der Waals surface area contributed by atoms with Crippen LogP contribution >= 0.6 is 0 Å². The van der Waals surface area contributed by atoms with E-state index >= 15 is 0 Å². The molecule has 2 aromatic heterocycles. The first-order valence-corrected chi connectivity index (χ1v) is 9.80. The van der Waals surface area contributed by atoms with Crippen LogP contribution in [0.25, 0.3) is 6.08 Å². The maximum absolute atomic E-state index is 13.2. The van der Waals surface area contributed by atoms with Gasteiger partial charge in [0.05, 0.1) is 0 Å². The second-order valence-electron chi connectivity index (χ2n) is 7.14. The van der Waals surface area contributed by atoms with Crippen LogP contribution in [0.5, 0.6) is 0 Å². The van der Waals surface area contributed by atoms with Gasteiger partial charge in [0.25, 0.3) is 0 Å². The molecule has 1 aliphatic heterocycles. The van der Waals surface area contributed by atoms with E-state index in [0.717, 1.165) is 31.0 Å². The molecule has 29 heavy (non-hydrogen) atoms. The average Bonchev–Trinajstić information content (AvgIpc) is 2.79. The Morgan fingerprint density at radius 2 is 2.00 bits per heavy atom. The molecule has 0 radical (unpaired) electrons. The summed E-state index contributed by atoms with van der Waals surface area (Å²) >= 11 is 0. The lowest BCUT2D eigenvalue weighted by Crippen LogP contribution is -2.46. The van der Waals surface area contributed by atoms with Crippen LogP contribution in [0.4, 0.5) is 5.82 Å². The van der Waals surface area contributed by atoms with Crippen LogP contribution in [0.15, 0.2) is 67.4 Å². The van der Waals surface area contributed by atoms with Gasteiger partial charge >= 0.3 is 0 Å². The zero-order chi connectivity index (χ0) is 20.2. The summed E-state index contributed by atoms with van der Waals surface area (Å²) in [6.45, 7) is 8.18. The van der Waals surface area contributed by atoms with Gasteiger partial charge in [0.1, 0.15) is 11.5 Å². The van der Waals surface area contributed by atoms with Gasteiger partial charge in [0, 0.05) is 48.7 Å². The van der Waals surface area contributed by atoms with Crippen molar-refractivity contribution in [2.24, 2.45) is 0 Å². The first-order chi connectivity index (χ1) is 14.2. The van der Waals surface area contributed by atoms with Crippen molar-refractivity contribution < 1.29 is 4.79 Å². The molecule has 0 aliphatic carbocycles. The Morgan fingerprint density at radius 3 is 2.76 bits per heavy atom. The first-order valence-electron chi connectivity index (χ1n) is 9.80. The fourth-order valence-electron chi connectivity index (χ4n) is 3.70. The number of pyridine rings is 2. The smallest absolute Gasteiger partial charge is 0.213 e. The van der Waals surface area contributed by atoms with Crippen LogP contribution in [0, 0.1) is 6.92 Å². The van der Waals surface area contributed by atoms with Crippen molar-refractivity contribution >= 4 is 17.7 Å². The molecule has 4 rings (SSSR count). The van der Waals surface area contributed by atoms with E-state index in [0.29, 0.717) is 17.0 Å². The summed E-state index contributed by atoms with van der Waals surface area (Å²) in [5.41, 5.74) is 3.68. The maximum atomic E-state index is 13.2. The Morgan fingerprint density at radius 1 is 1.17 bits per heavy atom. The quantitative estimate of drug-likeness (QED) is 0.678. The fraction of sp³-hybridized carbons (Fsp3) is 0.208. The molecule has 1 atom stereocenters. The number of nitrogens with one attached hydrogen (secondary N) is 1. The largest absolute Gasteiger partial charge is 0.353 e. The standard InChI is InChI=1S/C24H24N4O/c1-3-18-11-12-22(27-23(18)24(29)20-10-7-13-25-17(20)2)28-15-14-26-21(16-28)19-8-5-4-6-9-19/h3-13,21,26H,1,14-16H2,2H3. The third-order valence-electron chi connectivity index (χ3n) is 5.30. The summed E-state index contributed by atoms with van der Waals surface area (Å²) < 4.78 is 0. The predicted molar refractivity (Wildman–Crippen MR) is 116 cm³/mol. The van der Waals surface area contributed by atoms with Crippen LogP contribution in [0.2, 0.25) is 0 Å². The van der Waals surface area contributed by atoms with E-state index in [2.05, 4.69) is 46.0 Å². The van der Waals surface area contributed by atoms with Crippen molar-refractivity contribution in [3.63, 3.8) is 0 Å². The van der Waals surface area contributed by atoms with Gasteiger partial charge in [-0.15, -0.1) is 0 Å². The highest BCUT2D eigenvalue weighted by atomic mass is 16.1. The minimum Gasteiger partial charge on any atom is -0.353 e. The molecule has 0 bridgehead atoms. The third-order valence-corrected chi connectivity index (χ3v) is 5.30. The summed E-state index contributed by atoms with van der Waals surface area (Å²) in [7, 11) is 0. The number of rotatable bonds is 5. The lowest BCUT2D eigenvalue weighted by atomic mass is 10.0. The number of carbonyl (C=O) groups excluding carboxylic acids is 1. The number of aryl methyl sites for hydroxylation is 1. The van der Waals surface area contributed by atoms with E-state index in [-0.39, 0.29) is 11.8 Å². The van der Waals surface area contributed by atoms with Gasteiger partial charge in [0.15, 0.2) is 0 Å². The molecule has 0 spiro atoms. The molecule has 1 N–H and O–H groups in total. The summed E-state index contributed by atoms with van der Waals surface area (Å²) in [6.07, 6.45) is 3.37. The molecule has 0 amide bonds. The monoisotopic (exact) mass is 384 g/mol. The number of piperazine rings is 1. The van der Waals surface area contributed by atoms with Crippen molar-refractivity contribution in [1.82, 2.24) is 15.3 Å². The molecule has 5 heteroatoms. The summed E-state index contributed by atoms with van der Waals surface area (Å²) in [4.78, 5) is 24.4. The third kappa shape index (κ3) is 3.96. The zero-order valence-corrected chi connectivity index (χ0v) is 16.5. The average molecular weight is 384 g/mol. The Balaban J connectivity index is 1.65. The van der Waals surface area contributed by atoms with Gasteiger partial charge in [-0.2, -0.15) is 0 Å². The summed E-state index contributed by atoms with van der Waals surface area (Å²) in [5, 5.41) is 3.57. The molecular weight excluding hydrogens is 360 g/mol. The first kappa shape index (κ1) is 19.0. The lowest BCUT2D eigenvalue weighted by Gasteiger charge is -2.35. The number of ketones is 1. The maximum Gasteiger partial charge on any atom is 0.213 e. The molecular formula is C24H24N4O. The van der Waals surface area contributed by atoms with Gasteiger partial charge < -0.3 is 10.2 Å². The number of anilines is 1. The normalized spacial score (nSPS) is 16.4. The Hall–Kier alpha value is -3.31. The second-order valence-corrected chi connectivity index (χ2v) is 7.14. The van der Waals surface area contributed by atoms with Gasteiger partial charge in [-0.3, -0.25) is 9.78 Å². The van der Waals surface area contributed by atoms with Crippen LogP contribution in [-0.4, -0.2) is 35.4 Å². The lowest BCUT2D eigenvalue weighted by molar-refractivity contribution is 0.103. The molecule has 1 fully saturated rings. The number of benzene rings is 1. The highest BCUT2D eigenvalue weighted by Crippen LogP contribution is 2.24.